The van der Waals surface area contributed by atoms with Crippen LogP contribution in [0.25, 0.3) is 0 Å². The molecule has 37 heavy (non-hydrogen) atoms. The summed E-state index contributed by atoms with van der Waals surface area (Å²) in [6.07, 6.45) is 0.281. The van der Waals surface area contributed by atoms with E-state index in [4.69, 9.17) is 34.8 Å². The van der Waals surface area contributed by atoms with E-state index in [0.717, 1.165) is 4.31 Å². The number of benzene rings is 3. The van der Waals surface area contributed by atoms with Crippen LogP contribution in [0.2, 0.25) is 15.1 Å². The molecule has 7 nitrogen and oxygen atoms in total. The summed E-state index contributed by atoms with van der Waals surface area (Å²) in [5.41, 5.74) is 0.739. The number of carbonyl (C=O) groups is 2. The number of nitrogens with one attached hydrogen (secondary N) is 1. The van der Waals surface area contributed by atoms with E-state index in [-0.39, 0.29) is 23.5 Å². The van der Waals surface area contributed by atoms with Crippen LogP contribution in [0.15, 0.2) is 77.7 Å². The first-order chi connectivity index (χ1) is 17.6. The first-order valence-electron chi connectivity index (χ1n) is 11.4. The van der Waals surface area contributed by atoms with Crippen LogP contribution in [0.5, 0.6) is 0 Å². The molecular weight excluding hydrogens is 557 g/mol. The highest BCUT2D eigenvalue weighted by molar-refractivity contribution is 7.92. The smallest absolute Gasteiger partial charge is 0.264 e. The van der Waals surface area contributed by atoms with Crippen molar-refractivity contribution >= 4 is 62.3 Å². The lowest BCUT2D eigenvalue weighted by molar-refractivity contribution is -0.140. The number of nitrogens with zero attached hydrogens (tertiary/aromatic N) is 2. The van der Waals surface area contributed by atoms with Crippen LogP contribution in [0.3, 0.4) is 0 Å². The number of hydrogen-bond acceptors (Lipinski definition) is 4. The van der Waals surface area contributed by atoms with Crippen molar-refractivity contribution in [3.8, 4) is 0 Å². The molecule has 3 rings (SSSR count). The molecule has 3 aromatic rings. The second-order valence-electron chi connectivity index (χ2n) is 8.06. The first-order valence-corrected chi connectivity index (χ1v) is 13.9. The highest BCUT2D eigenvalue weighted by Gasteiger charge is 2.34. The number of para-hydroxylation sites is 1. The lowest BCUT2D eigenvalue weighted by atomic mass is 10.1. The lowest BCUT2D eigenvalue weighted by Gasteiger charge is -2.33. The maximum atomic E-state index is 13.8. The Kier molecular flexibility index (Phi) is 9.84. The molecule has 0 bridgehead atoms. The standard InChI is InChI=1S/C26H26Cl3N3O4S/c1-3-24(26(34)30-2)31(16-21-22(28)10-7-11-23(21)29)25(33)17-32(19-8-5-4-6-9-19)37(35,36)20-14-12-18(27)13-15-20/h4-15,24H,3,16-17H2,1-2H3,(H,30,34). The summed E-state index contributed by atoms with van der Waals surface area (Å²) >= 11 is 18.7. The van der Waals surface area contributed by atoms with Crippen molar-refractivity contribution in [3.05, 3.63) is 93.4 Å². The van der Waals surface area contributed by atoms with E-state index in [0.29, 0.717) is 20.6 Å². The molecule has 196 valence electrons. The maximum absolute atomic E-state index is 13.8. The Bertz CT molecular complexity index is 1330. The van der Waals surface area contributed by atoms with Gasteiger partial charge in [-0.3, -0.25) is 13.9 Å². The van der Waals surface area contributed by atoms with Gasteiger partial charge in [-0.1, -0.05) is 66.0 Å². The molecule has 1 N–H and O–H groups in total. The van der Waals surface area contributed by atoms with E-state index in [9.17, 15) is 18.0 Å². The molecule has 0 aliphatic rings. The van der Waals surface area contributed by atoms with Gasteiger partial charge in [0.25, 0.3) is 10.0 Å². The third-order valence-corrected chi connectivity index (χ3v) is 8.50. The topological polar surface area (TPSA) is 86.8 Å². The molecule has 0 saturated heterocycles. The average Bonchev–Trinajstić information content (AvgIpc) is 2.89. The molecular formula is C26H26Cl3N3O4S. The van der Waals surface area contributed by atoms with E-state index >= 15 is 0 Å². The van der Waals surface area contributed by atoms with Crippen LogP contribution >= 0.6 is 34.8 Å². The predicted octanol–water partition coefficient (Wildman–Crippen LogP) is 5.40. The van der Waals surface area contributed by atoms with Crippen LogP contribution < -0.4 is 9.62 Å². The van der Waals surface area contributed by atoms with Crippen molar-refractivity contribution in [2.45, 2.75) is 30.8 Å². The predicted molar refractivity (Wildman–Crippen MR) is 148 cm³/mol. The van der Waals surface area contributed by atoms with Crippen LogP contribution in [-0.4, -0.2) is 44.8 Å². The van der Waals surface area contributed by atoms with Gasteiger partial charge in [0.05, 0.1) is 10.6 Å². The van der Waals surface area contributed by atoms with E-state index < -0.39 is 34.4 Å². The van der Waals surface area contributed by atoms with E-state index in [1.165, 1.54) is 36.2 Å². The minimum Gasteiger partial charge on any atom is -0.357 e. The molecule has 0 aromatic heterocycles. The zero-order chi connectivity index (χ0) is 27.2. The van der Waals surface area contributed by atoms with Crippen LogP contribution in [-0.2, 0) is 26.2 Å². The molecule has 1 unspecified atom stereocenters. The maximum Gasteiger partial charge on any atom is 0.264 e. The number of hydrogen-bond donors (Lipinski definition) is 1. The molecule has 2 amide bonds. The van der Waals surface area contributed by atoms with Gasteiger partial charge in [-0.25, -0.2) is 8.42 Å². The minimum absolute atomic E-state index is 0.0346. The molecule has 0 radical (unpaired) electrons. The number of likely N-dealkylation sites (N-methyl/N-ethyl adjacent to an activating group) is 1. The molecule has 0 fully saturated rings. The van der Waals surface area contributed by atoms with Crippen LogP contribution in [0.1, 0.15) is 18.9 Å². The van der Waals surface area contributed by atoms with Gasteiger partial charge in [0.15, 0.2) is 0 Å². The molecule has 11 heteroatoms. The van der Waals surface area contributed by atoms with Crippen molar-refractivity contribution in [3.63, 3.8) is 0 Å². The van der Waals surface area contributed by atoms with Crippen molar-refractivity contribution in [2.24, 2.45) is 0 Å². The Morgan fingerprint density at radius 1 is 0.892 bits per heavy atom. The SMILES string of the molecule is CCC(C(=O)NC)N(Cc1c(Cl)cccc1Cl)C(=O)CN(c1ccccc1)S(=O)(=O)c1ccc(Cl)cc1. The van der Waals surface area contributed by atoms with Gasteiger partial charge < -0.3 is 10.2 Å². The third kappa shape index (κ3) is 6.76. The van der Waals surface area contributed by atoms with E-state index in [1.807, 2.05) is 0 Å². The largest absolute Gasteiger partial charge is 0.357 e. The third-order valence-electron chi connectivity index (χ3n) is 5.75. The summed E-state index contributed by atoms with van der Waals surface area (Å²) in [7, 11) is -2.70. The minimum atomic E-state index is -4.17. The zero-order valence-corrected chi connectivity index (χ0v) is 23.3. The first kappa shape index (κ1) is 28.8. The van der Waals surface area contributed by atoms with Gasteiger partial charge in [-0.15, -0.1) is 0 Å². The molecule has 0 spiro atoms. The summed E-state index contributed by atoms with van der Waals surface area (Å²) in [6, 6.07) is 18.0. The van der Waals surface area contributed by atoms with Crippen LogP contribution in [0, 0.1) is 0 Å². The van der Waals surface area contributed by atoms with Crippen LogP contribution in [0.4, 0.5) is 5.69 Å². The highest BCUT2D eigenvalue weighted by atomic mass is 35.5. The van der Waals surface area contributed by atoms with Gasteiger partial charge >= 0.3 is 0 Å². The number of carbonyl (C=O) groups excluding carboxylic acids is 2. The van der Waals surface area contributed by atoms with E-state index in [2.05, 4.69) is 5.32 Å². The number of anilines is 1. The second kappa shape index (κ2) is 12.6. The van der Waals surface area contributed by atoms with Gasteiger partial charge in [0.1, 0.15) is 12.6 Å². The number of halogens is 3. The van der Waals surface area contributed by atoms with Gasteiger partial charge in [-0.2, -0.15) is 0 Å². The van der Waals surface area contributed by atoms with Gasteiger partial charge in [0, 0.05) is 34.2 Å². The molecule has 0 aliphatic carbocycles. The quantitative estimate of drug-likeness (QED) is 0.347. The van der Waals surface area contributed by atoms with Crippen molar-refractivity contribution < 1.29 is 18.0 Å². The molecule has 0 aliphatic heterocycles. The monoisotopic (exact) mass is 581 g/mol. The van der Waals surface area contributed by atoms with Crippen molar-refractivity contribution in [1.29, 1.82) is 0 Å². The summed E-state index contributed by atoms with van der Waals surface area (Å²) in [6.45, 7) is 1.10. The summed E-state index contributed by atoms with van der Waals surface area (Å²) in [5.74, 6) is -1.00. The molecule has 1 atom stereocenters. The Balaban J connectivity index is 2.07. The van der Waals surface area contributed by atoms with Crippen molar-refractivity contribution in [1.82, 2.24) is 10.2 Å². The average molecular weight is 583 g/mol. The number of sulfonamides is 1. The fourth-order valence-corrected chi connectivity index (χ4v) is 5.85. The Morgan fingerprint density at radius 3 is 2.03 bits per heavy atom. The van der Waals surface area contributed by atoms with Gasteiger partial charge in [-0.05, 0) is 55.0 Å². The summed E-state index contributed by atoms with van der Waals surface area (Å²) in [4.78, 5) is 27.8. The number of amides is 2. The molecule has 3 aromatic carbocycles. The number of rotatable bonds is 10. The Morgan fingerprint density at radius 2 is 1.49 bits per heavy atom. The zero-order valence-electron chi connectivity index (χ0n) is 20.2. The molecule has 0 saturated carbocycles. The summed E-state index contributed by atoms with van der Waals surface area (Å²) in [5, 5.41) is 3.59. The Hall–Kier alpha value is -2.78. The molecule has 0 heterocycles. The Labute approximate surface area is 232 Å². The van der Waals surface area contributed by atoms with Gasteiger partial charge in [0.2, 0.25) is 11.8 Å². The fraction of sp³-hybridized carbons (Fsp3) is 0.231. The highest BCUT2D eigenvalue weighted by Crippen LogP contribution is 2.29. The second-order valence-corrected chi connectivity index (χ2v) is 11.2. The normalized spacial score (nSPS) is 12.0. The lowest BCUT2D eigenvalue weighted by Crippen LogP contribution is -2.51. The fourth-order valence-electron chi connectivity index (χ4n) is 3.80. The summed E-state index contributed by atoms with van der Waals surface area (Å²) < 4.78 is 28.4. The van der Waals surface area contributed by atoms with Crippen molar-refractivity contribution in [2.75, 3.05) is 17.9 Å². The van der Waals surface area contributed by atoms with E-state index in [1.54, 1.807) is 55.5 Å².